The van der Waals surface area contributed by atoms with Gasteiger partial charge in [-0.05, 0) is 72.0 Å². The van der Waals surface area contributed by atoms with Crippen molar-refractivity contribution in [2.24, 2.45) is 10.8 Å². The van der Waals surface area contributed by atoms with E-state index < -0.39 is 86.3 Å². The first-order valence-corrected chi connectivity index (χ1v) is 36.5. The molecule has 0 amide bonds. The second-order valence-corrected chi connectivity index (χ2v) is 32.6. The van der Waals surface area contributed by atoms with Gasteiger partial charge in [-0.2, -0.15) is 93.5 Å². The fraction of sp³-hybridized carbons (Fsp3) is 0.688. The topological polar surface area (TPSA) is 205 Å². The van der Waals surface area contributed by atoms with E-state index in [1.165, 1.54) is 72.1 Å². The van der Waals surface area contributed by atoms with Gasteiger partial charge in [0.25, 0.3) is 0 Å². The molecule has 2 aromatic carbocycles. The van der Waals surface area contributed by atoms with E-state index in [2.05, 4.69) is 175 Å². The molecule has 1 aliphatic carbocycles. The van der Waals surface area contributed by atoms with E-state index in [0.717, 1.165) is 20.7 Å². The highest BCUT2D eigenvalue weighted by molar-refractivity contribution is 8.00. The van der Waals surface area contributed by atoms with Gasteiger partial charge < -0.3 is 37.9 Å². The largest absolute Gasteiger partial charge is 0.465 e. The Bertz CT molecular complexity index is 2390. The van der Waals surface area contributed by atoms with E-state index in [4.69, 9.17) is 50.1 Å². The summed E-state index contributed by atoms with van der Waals surface area (Å²) in [5.74, 6) is -1.45. The molecule has 26 heteroatoms. The number of aromatic nitrogens is 2. The second-order valence-electron chi connectivity index (χ2n) is 23.7. The van der Waals surface area contributed by atoms with Crippen LogP contribution in [0.4, 0.5) is 0 Å². The molecule has 0 saturated heterocycles. The number of nitrogens with zero attached hydrogens (tertiary/aromatic N) is 1. The Hall–Kier alpha value is -2.24. The zero-order valence-corrected chi connectivity index (χ0v) is 62.7. The van der Waals surface area contributed by atoms with Crippen molar-refractivity contribution >= 4 is 160 Å². The number of hydrogen-bond donors (Lipinski definition) is 8. The third-order valence-electron chi connectivity index (χ3n) is 14.1. The first-order chi connectivity index (χ1) is 42.5. The molecule has 10 unspecified atom stereocenters. The molecule has 510 valence electrons. The lowest BCUT2D eigenvalue weighted by Crippen LogP contribution is -2.47. The Morgan fingerprint density at radius 3 is 1.14 bits per heavy atom. The van der Waals surface area contributed by atoms with E-state index >= 15 is 0 Å². The highest BCUT2D eigenvalue weighted by Crippen LogP contribution is 2.30. The molecule has 0 radical (unpaired) electrons. The average molecular weight is 1440 g/mol. The molecule has 1 aliphatic rings. The van der Waals surface area contributed by atoms with Crippen LogP contribution < -0.4 is 0 Å². The number of esters is 6. The molecule has 1 heterocycles. The maximum atomic E-state index is 12.7. The van der Waals surface area contributed by atoms with Gasteiger partial charge in [0.05, 0.1) is 75.3 Å². The van der Waals surface area contributed by atoms with Gasteiger partial charge in [0.2, 0.25) is 0 Å². The second kappa shape index (κ2) is 46.0. The lowest BCUT2D eigenvalue weighted by Gasteiger charge is -2.36. The normalized spacial score (nSPS) is 17.8. The number of H-pyrrole nitrogens is 1. The summed E-state index contributed by atoms with van der Waals surface area (Å²) in [6.07, 6.45) is 7.42. The van der Waals surface area contributed by atoms with Crippen LogP contribution in [0.1, 0.15) is 180 Å². The maximum Gasteiger partial charge on any atom is 0.306 e. The van der Waals surface area contributed by atoms with Crippen molar-refractivity contribution in [1.29, 1.82) is 0 Å². The van der Waals surface area contributed by atoms with Gasteiger partial charge in [-0.25, -0.2) is 0 Å². The quantitative estimate of drug-likeness (QED) is 0.00883. The van der Waals surface area contributed by atoms with E-state index in [9.17, 15) is 28.8 Å². The first-order valence-electron chi connectivity index (χ1n) is 30.7. The lowest BCUT2D eigenvalue weighted by atomic mass is 9.90. The number of carbonyl (C=O) groups excluding carboxylic acids is 6. The summed E-state index contributed by atoms with van der Waals surface area (Å²) in [6, 6.07) is 17.8. The summed E-state index contributed by atoms with van der Waals surface area (Å²) in [5, 5.41) is 5.41. The van der Waals surface area contributed by atoms with Gasteiger partial charge in [0.15, 0.2) is 8.29 Å². The standard InChI is InChI=1S/C34H58O13S6.C17H26OS.C13H16N2S3/c1-21(48)7-27(35)42-15-33(16-43-28(36)8-22(2)49,17-44-29(37)9-23(3)50)13-41-14-34(18-45-30(38)10-24(4)51,19-46-31(39)11-25(5)52)20-47-32(40)12-26(6)53;1-3-13(2)15-10-8-14(9-11-15)12-18-16-6-4-5-7-17(16)19;1-3-9(2)11-6-4-10(5-7-11)8-17-13-15-14-12(16)18-13/h21-26,48-53H,7-20H2,1-6H3;8-11,13,16-17,19H,3-7,12H2,1-2H3;4-7,9H,3,8H2,1-2H3,(H,14,16). The predicted octanol–water partition coefficient (Wildman–Crippen LogP) is 14.4. The Morgan fingerprint density at radius 2 is 0.856 bits per heavy atom. The summed E-state index contributed by atoms with van der Waals surface area (Å²) in [4.78, 5) is 76.0. The summed E-state index contributed by atoms with van der Waals surface area (Å²) < 4.78 is 47.4. The van der Waals surface area contributed by atoms with Crippen LogP contribution in [0.5, 0.6) is 0 Å². The average Bonchev–Trinajstić information content (AvgIpc) is 1.38. The van der Waals surface area contributed by atoms with Gasteiger partial charge in [0, 0.05) is 42.5 Å². The van der Waals surface area contributed by atoms with Gasteiger partial charge >= 0.3 is 35.8 Å². The lowest BCUT2D eigenvalue weighted by molar-refractivity contribution is -0.175. The number of benzene rings is 2. The summed E-state index contributed by atoms with van der Waals surface area (Å²) in [5.41, 5.74) is 2.53. The Morgan fingerprint density at radius 1 is 0.533 bits per heavy atom. The molecular weight excluding hydrogens is 1340 g/mol. The van der Waals surface area contributed by atoms with Crippen LogP contribution in [0.15, 0.2) is 52.9 Å². The maximum absolute atomic E-state index is 12.7. The molecule has 1 aromatic heterocycles. The van der Waals surface area contributed by atoms with Gasteiger partial charge in [-0.3, -0.25) is 33.9 Å². The SMILES string of the molecule is CC(S)CC(=O)OCC(COCC(COC(=O)CC(C)S)(COC(=O)CC(C)S)COC(=O)CC(C)S)(COC(=O)CC(C)S)COC(=O)CC(C)S.CCC(C)c1ccc(COC2CCCCC2S)cc1.CCC(C)c1ccc(CSc2n[nH]c(=S)s2)cc1. The van der Waals surface area contributed by atoms with Crippen LogP contribution in [0, 0.1) is 14.8 Å². The third-order valence-corrected chi connectivity index (χ3v) is 18.0. The minimum absolute atomic E-state index is 0.0418. The number of rotatable bonds is 38. The molecule has 0 bridgehead atoms. The van der Waals surface area contributed by atoms with Crippen LogP contribution in [0.3, 0.4) is 0 Å². The molecule has 10 atom stereocenters. The number of carbonyl (C=O) groups is 6. The molecule has 90 heavy (non-hydrogen) atoms. The molecule has 4 rings (SSSR count). The van der Waals surface area contributed by atoms with E-state index in [1.54, 1.807) is 53.3 Å². The molecule has 1 fully saturated rings. The van der Waals surface area contributed by atoms with E-state index in [-0.39, 0.29) is 83.2 Å². The van der Waals surface area contributed by atoms with Crippen LogP contribution >= 0.6 is 124 Å². The third kappa shape index (κ3) is 37.7. The van der Waals surface area contributed by atoms with Crippen molar-refractivity contribution in [2.75, 3.05) is 52.9 Å². The Balaban J connectivity index is 0.000000592. The highest BCUT2D eigenvalue weighted by Gasteiger charge is 2.41. The van der Waals surface area contributed by atoms with Crippen molar-refractivity contribution < 1.29 is 66.7 Å². The van der Waals surface area contributed by atoms with E-state index in [0.29, 0.717) is 23.2 Å². The number of aromatic amines is 1. The Labute approximate surface area is 587 Å². The molecule has 3 aromatic rings. The summed E-state index contributed by atoms with van der Waals surface area (Å²) in [7, 11) is 0. The number of thiol groups is 7. The summed E-state index contributed by atoms with van der Waals surface area (Å²) >= 11 is 38.4. The zero-order chi connectivity index (χ0) is 67.4. The smallest absolute Gasteiger partial charge is 0.306 e. The minimum atomic E-state index is -1.46. The molecule has 0 spiro atoms. The Kier molecular flexibility index (Phi) is 42.9. The fourth-order valence-corrected chi connectivity index (χ4v) is 11.8. The van der Waals surface area contributed by atoms with Gasteiger partial charge in [0.1, 0.15) is 39.6 Å². The van der Waals surface area contributed by atoms with Crippen LogP contribution in [-0.4, -0.2) is 142 Å². The molecule has 1 N–H and O–H groups in total. The van der Waals surface area contributed by atoms with Crippen molar-refractivity contribution in [1.82, 2.24) is 10.2 Å². The summed E-state index contributed by atoms with van der Waals surface area (Å²) in [6.45, 7) is 16.8. The van der Waals surface area contributed by atoms with Crippen molar-refractivity contribution in [3.8, 4) is 0 Å². The van der Waals surface area contributed by atoms with Crippen LogP contribution in [0.2, 0.25) is 0 Å². The molecule has 1 saturated carbocycles. The molecule has 16 nitrogen and oxygen atoms in total. The van der Waals surface area contributed by atoms with Crippen LogP contribution in [0.25, 0.3) is 0 Å². The van der Waals surface area contributed by atoms with Crippen molar-refractivity contribution in [2.45, 2.75) is 218 Å². The number of hydrogen-bond acceptors (Lipinski definition) is 25. The highest BCUT2D eigenvalue weighted by atomic mass is 32.2. The zero-order valence-electron chi connectivity index (χ0n) is 54.0. The van der Waals surface area contributed by atoms with Crippen molar-refractivity contribution in [3.05, 3.63) is 74.7 Å². The van der Waals surface area contributed by atoms with Crippen molar-refractivity contribution in [3.63, 3.8) is 0 Å². The molecule has 0 aliphatic heterocycles. The van der Waals surface area contributed by atoms with Gasteiger partial charge in [-0.15, -0.1) is 0 Å². The number of nitrogens with one attached hydrogen (secondary N) is 1. The van der Waals surface area contributed by atoms with Gasteiger partial charge in [-0.1, -0.05) is 154 Å². The van der Waals surface area contributed by atoms with Crippen LogP contribution in [-0.2, 0) is 79.0 Å². The fourth-order valence-electron chi connectivity index (χ4n) is 8.44. The number of ether oxygens (including phenoxy) is 8. The molecular formula is C64H100N2O14S10. The monoisotopic (exact) mass is 1440 g/mol. The predicted molar refractivity (Wildman–Crippen MR) is 387 cm³/mol. The number of thioether (sulfide) groups is 1. The first kappa shape index (κ1) is 83.8. The van der Waals surface area contributed by atoms with E-state index in [1.807, 2.05) is 0 Å². The minimum Gasteiger partial charge on any atom is -0.465 e.